The number of benzene rings is 4. The van der Waals surface area contributed by atoms with Gasteiger partial charge in [0, 0.05) is 23.1 Å². The molecule has 0 saturated heterocycles. The van der Waals surface area contributed by atoms with E-state index >= 15 is 0 Å². The van der Waals surface area contributed by atoms with Crippen LogP contribution in [0.3, 0.4) is 0 Å². The molecule has 0 amide bonds. The van der Waals surface area contributed by atoms with E-state index in [1.165, 1.54) is 33.2 Å². The highest BCUT2D eigenvalue weighted by Gasteiger charge is 2.38. The van der Waals surface area contributed by atoms with Crippen LogP contribution >= 0.6 is 0 Å². The monoisotopic (exact) mass is 442 g/mol. The van der Waals surface area contributed by atoms with E-state index in [0.29, 0.717) is 0 Å². The summed E-state index contributed by atoms with van der Waals surface area (Å²) >= 11 is 0. The van der Waals surface area contributed by atoms with Gasteiger partial charge in [-0.15, -0.1) is 0 Å². The number of hydrogen-bond acceptors (Lipinski definition) is 1. The molecule has 34 heavy (non-hydrogen) atoms. The van der Waals surface area contributed by atoms with E-state index in [1.54, 1.807) is 0 Å². The summed E-state index contributed by atoms with van der Waals surface area (Å²) < 4.78 is 0. The molecule has 0 aliphatic rings. The van der Waals surface area contributed by atoms with Gasteiger partial charge in [0.25, 0.3) is 0 Å². The first-order chi connectivity index (χ1) is 16.7. The van der Waals surface area contributed by atoms with Gasteiger partial charge in [0.15, 0.2) is 0 Å². The molecule has 5 rings (SSSR count). The van der Waals surface area contributed by atoms with Crippen molar-refractivity contribution in [3.8, 4) is 0 Å². The van der Waals surface area contributed by atoms with Crippen molar-refractivity contribution in [2.24, 2.45) is 0 Å². The quantitative estimate of drug-likeness (QED) is 0.192. The van der Waals surface area contributed by atoms with Crippen LogP contribution in [0.4, 0.5) is 0 Å². The lowest BCUT2D eigenvalue weighted by Gasteiger charge is -2.40. The summed E-state index contributed by atoms with van der Waals surface area (Å²) in [6, 6.07) is 40.8. The van der Waals surface area contributed by atoms with Crippen molar-refractivity contribution >= 4 is 10.9 Å². The van der Waals surface area contributed by atoms with E-state index < -0.39 is 5.54 Å². The van der Waals surface area contributed by atoms with E-state index in [1.807, 2.05) is 0 Å². The predicted octanol–water partition coefficient (Wildman–Crippen LogP) is 7.24. The summed E-state index contributed by atoms with van der Waals surface area (Å²) in [7, 11) is 0. The molecule has 0 fully saturated rings. The Balaban J connectivity index is 1.67. The van der Waals surface area contributed by atoms with Crippen LogP contribution in [0.25, 0.3) is 10.9 Å². The van der Waals surface area contributed by atoms with Crippen LogP contribution in [0.5, 0.6) is 0 Å². The van der Waals surface area contributed by atoms with Gasteiger partial charge in [-0.3, -0.25) is 5.32 Å². The summed E-state index contributed by atoms with van der Waals surface area (Å²) in [5.41, 5.74) is 6.65. The number of fused-ring (bicyclic) bond motifs is 1. The third-order valence-corrected chi connectivity index (χ3v) is 6.70. The van der Waals surface area contributed by atoms with Gasteiger partial charge in [-0.2, -0.15) is 0 Å². The lowest BCUT2D eigenvalue weighted by molar-refractivity contribution is 0.418. The second kappa shape index (κ2) is 9.54. The van der Waals surface area contributed by atoms with E-state index in [4.69, 9.17) is 0 Å². The van der Waals surface area contributed by atoms with E-state index in [9.17, 15) is 0 Å². The van der Waals surface area contributed by atoms with Crippen molar-refractivity contribution in [3.05, 3.63) is 156 Å². The molecule has 0 spiro atoms. The van der Waals surface area contributed by atoms with Crippen LogP contribution in [0.2, 0.25) is 0 Å². The second-order valence-corrected chi connectivity index (χ2v) is 8.95. The topological polar surface area (TPSA) is 27.8 Å². The minimum Gasteiger partial charge on any atom is -0.361 e. The lowest BCUT2D eigenvalue weighted by atomic mass is 9.76. The average molecular weight is 443 g/mol. The Hall–Kier alpha value is -3.88. The normalized spacial score (nSPS) is 12.5. The molecule has 0 bridgehead atoms. The zero-order chi connectivity index (χ0) is 23.4. The minimum atomic E-state index is -0.528. The highest BCUT2D eigenvalue weighted by Crippen LogP contribution is 2.38. The number of aromatic nitrogens is 1. The summed E-state index contributed by atoms with van der Waals surface area (Å²) in [6.07, 6.45) is 2.98. The van der Waals surface area contributed by atoms with E-state index in [2.05, 4.69) is 145 Å². The molecule has 0 radical (unpaired) electrons. The summed E-state index contributed by atoms with van der Waals surface area (Å²) in [5, 5.41) is 5.37. The summed E-state index contributed by atoms with van der Waals surface area (Å²) in [5.74, 6) is 0. The van der Waals surface area contributed by atoms with Crippen molar-refractivity contribution in [1.82, 2.24) is 10.3 Å². The van der Waals surface area contributed by atoms with Gasteiger partial charge >= 0.3 is 0 Å². The van der Waals surface area contributed by atoms with Gasteiger partial charge in [-0.1, -0.05) is 121 Å². The van der Waals surface area contributed by atoms with E-state index in [0.717, 1.165) is 12.0 Å². The molecule has 0 aliphatic carbocycles. The fraction of sp³-hybridized carbons (Fsp3) is 0.125. The summed E-state index contributed by atoms with van der Waals surface area (Å²) in [6.45, 7) is 6.53. The Morgan fingerprint density at radius 2 is 1.21 bits per heavy atom. The maximum Gasteiger partial charge on any atom is 0.0952 e. The van der Waals surface area contributed by atoms with Crippen molar-refractivity contribution in [3.63, 3.8) is 0 Å². The smallest absolute Gasteiger partial charge is 0.0952 e. The van der Waals surface area contributed by atoms with Crippen molar-refractivity contribution < 1.29 is 0 Å². The van der Waals surface area contributed by atoms with Crippen LogP contribution < -0.4 is 5.32 Å². The fourth-order valence-electron chi connectivity index (χ4n) is 4.94. The first-order valence-corrected chi connectivity index (χ1v) is 11.8. The third-order valence-electron chi connectivity index (χ3n) is 6.70. The van der Waals surface area contributed by atoms with Gasteiger partial charge in [0.2, 0.25) is 0 Å². The highest BCUT2D eigenvalue weighted by molar-refractivity contribution is 5.83. The maximum atomic E-state index is 4.41. The van der Waals surface area contributed by atoms with Gasteiger partial charge < -0.3 is 4.98 Å². The van der Waals surface area contributed by atoms with Crippen LogP contribution in [-0.4, -0.2) is 11.0 Å². The van der Waals surface area contributed by atoms with Crippen LogP contribution in [0.1, 0.15) is 29.2 Å². The third kappa shape index (κ3) is 4.09. The highest BCUT2D eigenvalue weighted by atomic mass is 15.0. The first kappa shape index (κ1) is 21.9. The molecule has 2 heteroatoms. The van der Waals surface area contributed by atoms with Crippen molar-refractivity contribution in [2.75, 3.05) is 0 Å². The average Bonchev–Trinajstić information content (AvgIpc) is 3.31. The van der Waals surface area contributed by atoms with Gasteiger partial charge in [0.05, 0.1) is 5.54 Å². The zero-order valence-electron chi connectivity index (χ0n) is 19.5. The van der Waals surface area contributed by atoms with Crippen molar-refractivity contribution in [2.45, 2.75) is 24.9 Å². The maximum absolute atomic E-state index is 4.41. The number of aromatic amines is 1. The SMILES string of the molecule is C=C(C)[C@@H](Cc1c[nH]c2ccccc12)NC(c1ccccc1)(c1ccccc1)c1ccccc1. The Morgan fingerprint density at radius 1 is 0.735 bits per heavy atom. The number of para-hydroxylation sites is 1. The predicted molar refractivity (Wildman–Crippen MR) is 143 cm³/mol. The first-order valence-electron chi connectivity index (χ1n) is 11.8. The zero-order valence-corrected chi connectivity index (χ0v) is 19.5. The number of rotatable bonds is 8. The standard InChI is InChI=1S/C32H30N2/c1-24(2)31(22-25-23-33-30-21-13-12-20-29(25)30)34-32(26-14-6-3-7-15-26,27-16-8-4-9-17-27)28-18-10-5-11-19-28/h3-21,23,31,33-34H,1,22H2,2H3/t31-/m1/s1. The Labute approximate surface area is 202 Å². The van der Waals surface area contributed by atoms with Crippen molar-refractivity contribution in [1.29, 1.82) is 0 Å². The van der Waals surface area contributed by atoms with Gasteiger partial charge in [-0.25, -0.2) is 0 Å². The molecule has 2 nitrogen and oxygen atoms in total. The van der Waals surface area contributed by atoms with Crippen LogP contribution in [0.15, 0.2) is 134 Å². The second-order valence-electron chi connectivity index (χ2n) is 8.95. The number of H-pyrrole nitrogens is 1. The molecule has 0 unspecified atom stereocenters. The largest absolute Gasteiger partial charge is 0.361 e. The molecule has 1 aromatic heterocycles. The van der Waals surface area contributed by atoms with Gasteiger partial charge in [0.1, 0.15) is 0 Å². The molecule has 168 valence electrons. The Kier molecular flexibility index (Phi) is 6.16. The Bertz CT molecular complexity index is 1270. The van der Waals surface area contributed by atoms with E-state index in [-0.39, 0.29) is 6.04 Å². The molecule has 0 aliphatic heterocycles. The minimum absolute atomic E-state index is 0.0554. The number of hydrogen-bond donors (Lipinski definition) is 2. The number of nitrogens with one attached hydrogen (secondary N) is 2. The molecule has 4 aromatic carbocycles. The fourth-order valence-corrected chi connectivity index (χ4v) is 4.94. The van der Waals surface area contributed by atoms with Crippen LogP contribution in [0, 0.1) is 0 Å². The molecular weight excluding hydrogens is 412 g/mol. The molecule has 1 heterocycles. The molecule has 1 atom stereocenters. The summed E-state index contributed by atoms with van der Waals surface area (Å²) in [4.78, 5) is 3.43. The van der Waals surface area contributed by atoms with Gasteiger partial charge in [-0.05, 0) is 41.7 Å². The molecular formula is C32H30N2. The lowest BCUT2D eigenvalue weighted by Crippen LogP contribution is -2.50. The molecule has 5 aromatic rings. The Morgan fingerprint density at radius 3 is 1.71 bits per heavy atom. The molecule has 0 saturated carbocycles. The molecule has 2 N–H and O–H groups in total. The van der Waals surface area contributed by atoms with Crippen LogP contribution in [-0.2, 0) is 12.0 Å².